The lowest BCUT2D eigenvalue weighted by molar-refractivity contribution is -0.127. The molecule has 2 saturated heterocycles. The van der Waals surface area contributed by atoms with Gasteiger partial charge in [-0.3, -0.25) is 29.0 Å². The Morgan fingerprint density at radius 3 is 2.18 bits per heavy atom. The number of nitrogens with two attached hydrogens (primary N) is 1. The largest absolute Gasteiger partial charge is 0.493 e. The van der Waals surface area contributed by atoms with Gasteiger partial charge in [0.25, 0.3) is 11.8 Å². The molecule has 8 rings (SSSR count). The number of fused-ring (bicyclic) bond motifs is 4. The van der Waals surface area contributed by atoms with Gasteiger partial charge in [0.1, 0.15) is 18.3 Å². The molecule has 88 heavy (non-hydrogen) atoms. The number of aliphatic hydroxyl groups excluding tert-OH is 1. The predicted molar refractivity (Wildman–Crippen MR) is 331 cm³/mol. The molecule has 4 aromatic rings. The van der Waals surface area contributed by atoms with Gasteiger partial charge in [0.05, 0.1) is 79.6 Å². The summed E-state index contributed by atoms with van der Waals surface area (Å²) in [5, 5.41) is 29.5. The zero-order valence-electron chi connectivity index (χ0n) is 50.5. The van der Waals surface area contributed by atoms with Crippen LogP contribution >= 0.6 is 15.9 Å². The molecule has 472 valence electrons. The van der Waals surface area contributed by atoms with Gasteiger partial charge in [-0.1, -0.05) is 77.8 Å². The molecule has 4 aliphatic heterocycles. The van der Waals surface area contributed by atoms with Crippen LogP contribution in [0, 0.1) is 5.92 Å². The molecule has 26 heteroatoms. The molecule has 0 spiro atoms. The van der Waals surface area contributed by atoms with Crippen molar-refractivity contribution in [1.29, 1.82) is 0 Å². The Morgan fingerprint density at radius 1 is 0.841 bits per heavy atom. The number of aliphatic hydroxyl groups is 1. The van der Waals surface area contributed by atoms with Crippen LogP contribution in [0.25, 0.3) is 0 Å². The molecule has 2 fully saturated rings. The van der Waals surface area contributed by atoms with Crippen LogP contribution in [0.4, 0.5) is 26.7 Å². The Hall–Kier alpha value is -8.52. The maximum absolute atomic E-state index is 14.3. The molecule has 0 bridgehead atoms. The van der Waals surface area contributed by atoms with Gasteiger partial charge < -0.3 is 65.2 Å². The van der Waals surface area contributed by atoms with E-state index in [9.17, 15) is 38.7 Å². The second kappa shape index (κ2) is 30.4. The highest BCUT2D eigenvalue weighted by atomic mass is 79.9. The fraction of sp³-hybridized carbons (Fsp3) is 0.484. The fourth-order valence-corrected chi connectivity index (χ4v) is 11.4. The number of alkyl halides is 1. The lowest BCUT2D eigenvalue weighted by Crippen LogP contribution is -2.50. The van der Waals surface area contributed by atoms with Crippen molar-refractivity contribution in [3.8, 4) is 23.0 Å². The average molecular weight is 1280 g/mol. The SMILES string of the molecule is C=C1C[C@H]2C=Nc3cc(OCCCCCOc4cc5c(cc4OC)C(=O)N4CC(=C)C[C@H]4[C@H](O)N5C(=O)OCc4ccc(NC(=O)[C@H](CCCNC(N)=O)n5cc([C@@H](NC(=O)CCCCCN(C)C(=O)CBr)C(C)C)nn5)cc4)c(OC)cc3C(=O)N2C1. The first-order chi connectivity index (χ1) is 42.3. The van der Waals surface area contributed by atoms with Gasteiger partial charge in [-0.2, -0.15) is 0 Å². The van der Waals surface area contributed by atoms with Crippen LogP contribution in [-0.2, 0) is 25.7 Å². The van der Waals surface area contributed by atoms with Crippen molar-refractivity contribution in [3.63, 3.8) is 0 Å². The van der Waals surface area contributed by atoms with Gasteiger partial charge in [-0.15, -0.1) is 5.10 Å². The van der Waals surface area contributed by atoms with Crippen molar-refractivity contribution in [1.82, 2.24) is 40.3 Å². The van der Waals surface area contributed by atoms with Crippen molar-refractivity contribution in [2.24, 2.45) is 16.6 Å². The van der Waals surface area contributed by atoms with Crippen molar-refractivity contribution >= 4 is 80.9 Å². The third-order valence-electron chi connectivity index (χ3n) is 15.8. The molecule has 0 radical (unpaired) electrons. The summed E-state index contributed by atoms with van der Waals surface area (Å²) in [5.41, 5.74) is 9.49. The summed E-state index contributed by atoms with van der Waals surface area (Å²) in [5.74, 6) is 0.107. The van der Waals surface area contributed by atoms with E-state index in [1.807, 2.05) is 13.8 Å². The number of anilines is 2. The third kappa shape index (κ3) is 16.2. The number of unbranched alkanes of at least 4 members (excludes halogenated alkanes) is 4. The lowest BCUT2D eigenvalue weighted by atomic mass is 10.0. The van der Waals surface area contributed by atoms with E-state index in [1.165, 1.54) is 35.9 Å². The van der Waals surface area contributed by atoms with Crippen molar-refractivity contribution in [3.05, 3.63) is 101 Å². The Balaban J connectivity index is 0.882. The zero-order valence-corrected chi connectivity index (χ0v) is 52.1. The highest BCUT2D eigenvalue weighted by molar-refractivity contribution is 9.09. The van der Waals surface area contributed by atoms with Gasteiger partial charge >= 0.3 is 12.1 Å². The van der Waals surface area contributed by atoms with Crippen molar-refractivity contribution < 1.29 is 62.4 Å². The zero-order chi connectivity index (χ0) is 63.2. The van der Waals surface area contributed by atoms with Gasteiger partial charge in [-0.05, 0) is 93.5 Å². The van der Waals surface area contributed by atoms with E-state index in [-0.39, 0.29) is 103 Å². The first kappa shape index (κ1) is 65.5. The maximum atomic E-state index is 14.3. The molecule has 5 atom stereocenters. The number of primary amides is 1. The third-order valence-corrected chi connectivity index (χ3v) is 16.3. The molecule has 8 amide bonds. The van der Waals surface area contributed by atoms with Crippen LogP contribution in [0.15, 0.2) is 84.0 Å². The first-order valence-corrected chi connectivity index (χ1v) is 30.7. The number of hydrogen-bond acceptors (Lipinski definition) is 16. The number of benzene rings is 3. The quantitative estimate of drug-likeness (QED) is 0.0200. The Morgan fingerprint density at radius 2 is 1.50 bits per heavy atom. The summed E-state index contributed by atoms with van der Waals surface area (Å²) in [7, 11) is 4.71. The van der Waals surface area contributed by atoms with E-state index in [2.05, 4.69) is 60.3 Å². The Labute approximate surface area is 520 Å². The number of nitrogens with zero attached hydrogens (tertiary/aromatic N) is 8. The minimum Gasteiger partial charge on any atom is -0.493 e. The molecular weight excluding hydrogens is 1200 g/mol. The summed E-state index contributed by atoms with van der Waals surface area (Å²) < 4.78 is 31.0. The van der Waals surface area contributed by atoms with E-state index in [1.54, 1.807) is 65.7 Å². The Kier molecular flexibility index (Phi) is 22.6. The second-order valence-corrected chi connectivity index (χ2v) is 23.2. The molecule has 0 aliphatic carbocycles. The van der Waals surface area contributed by atoms with Crippen molar-refractivity contribution in [2.45, 2.75) is 121 Å². The average Bonchev–Trinajstić information content (AvgIpc) is 1.71. The number of ether oxygens (including phenoxy) is 5. The van der Waals surface area contributed by atoms with Crippen LogP contribution < -0.4 is 45.5 Å². The number of amides is 8. The number of aliphatic imine (C=N–C) groups is 1. The van der Waals surface area contributed by atoms with E-state index in [0.29, 0.717) is 103 Å². The Bertz CT molecular complexity index is 3260. The van der Waals surface area contributed by atoms with E-state index >= 15 is 0 Å². The number of urea groups is 1. The summed E-state index contributed by atoms with van der Waals surface area (Å²) in [4.78, 5) is 103. The van der Waals surface area contributed by atoms with Crippen LogP contribution in [0.1, 0.15) is 129 Å². The normalized spacial score (nSPS) is 17.5. The van der Waals surface area contributed by atoms with Crippen LogP contribution in [0.2, 0.25) is 0 Å². The molecule has 5 heterocycles. The lowest BCUT2D eigenvalue weighted by Gasteiger charge is -2.31. The molecule has 4 aliphatic rings. The number of rotatable bonds is 29. The van der Waals surface area contributed by atoms with Crippen molar-refractivity contribution in [2.75, 3.05) is 76.2 Å². The van der Waals surface area contributed by atoms with Crippen LogP contribution in [-0.4, -0.2) is 167 Å². The molecule has 25 nitrogen and oxygen atoms in total. The smallest absolute Gasteiger partial charge is 0.416 e. The summed E-state index contributed by atoms with van der Waals surface area (Å²) in [6.07, 6.45) is 6.81. The summed E-state index contributed by atoms with van der Waals surface area (Å²) in [6.45, 7) is 13.8. The topological polar surface area (TPSA) is 304 Å². The monoisotopic (exact) mass is 1280 g/mol. The second-order valence-electron chi connectivity index (χ2n) is 22.6. The molecule has 1 aromatic heterocycles. The van der Waals surface area contributed by atoms with E-state index in [4.69, 9.17) is 29.4 Å². The molecule has 0 unspecified atom stereocenters. The number of methoxy groups -OCH3 is 2. The van der Waals surface area contributed by atoms with Gasteiger partial charge in [0.2, 0.25) is 17.7 Å². The van der Waals surface area contributed by atoms with Crippen LogP contribution in [0.5, 0.6) is 23.0 Å². The highest BCUT2D eigenvalue weighted by Crippen LogP contribution is 2.43. The maximum Gasteiger partial charge on any atom is 0.416 e. The standard InChI is InChI=1S/C62H79BrN12O13/c1-37(2)56(68-54(76)16-10-8-11-22-71(5)55(77)31-63)46-35-74(70-69-46)47(15-14-21-65-61(64)82)57(78)67-41-19-17-40(18-20-41)36-88-62(83)75-48-30-53(51(85-7)28-44(48)59(80)73-34-39(4)26-49(73)60(75)81)87-24-13-9-12-23-86-52-29-45-43(27-50(52)84-6)58(79)72-33-38(3)25-42(72)32-66-45/h17-20,27-30,32,35,37,42,47,49,56,60,81H,3-4,8-16,21-26,31,33-34,36H2,1-2,5-7H3,(H,67,78)(H,68,76)(H3,64,65,82)/t42-,47-,49-,56-,60-/m0/s1. The number of nitrogens with one attached hydrogen (secondary N) is 3. The van der Waals surface area contributed by atoms with E-state index < -0.39 is 48.3 Å². The number of halogens is 1. The fourth-order valence-electron chi connectivity index (χ4n) is 11.0. The number of carbonyl (C=O) groups is 7. The van der Waals surface area contributed by atoms with E-state index in [0.717, 1.165) is 23.3 Å². The van der Waals surface area contributed by atoms with Crippen LogP contribution in [0.3, 0.4) is 0 Å². The number of hydrogen-bond donors (Lipinski definition) is 5. The minimum absolute atomic E-state index is 0.00494. The van der Waals surface area contributed by atoms with Gasteiger partial charge in [-0.25, -0.2) is 19.2 Å². The summed E-state index contributed by atoms with van der Waals surface area (Å²) >= 11 is 3.18. The molecule has 6 N–H and O–H groups in total. The number of carbonyl (C=O) groups excluding carboxylic acids is 7. The minimum atomic E-state index is -1.54. The first-order valence-electron chi connectivity index (χ1n) is 29.6. The van der Waals surface area contributed by atoms with Gasteiger partial charge in [0, 0.05) is 63.7 Å². The highest BCUT2D eigenvalue weighted by Gasteiger charge is 2.46. The molecule has 0 saturated carbocycles. The van der Waals surface area contributed by atoms with Gasteiger partial charge in [0.15, 0.2) is 29.2 Å². The molecule has 3 aromatic carbocycles. The predicted octanol–water partition coefficient (Wildman–Crippen LogP) is 7.51. The molecular formula is C62H79BrN12O13. The number of aromatic nitrogens is 3. The summed E-state index contributed by atoms with van der Waals surface area (Å²) in [6, 6.07) is 9.90.